The van der Waals surface area contributed by atoms with E-state index in [1.807, 2.05) is 20.9 Å². The van der Waals surface area contributed by atoms with Crippen molar-refractivity contribution < 1.29 is 14.7 Å². The normalized spacial score (nSPS) is 12.6. The number of nitrogens with zero attached hydrogens (tertiary/aromatic N) is 2. The van der Waals surface area contributed by atoms with Crippen molar-refractivity contribution in [2.45, 2.75) is 33.2 Å². The van der Waals surface area contributed by atoms with Crippen LogP contribution < -0.4 is 5.32 Å². The number of carboxylic acids is 1. The highest BCUT2D eigenvalue weighted by Crippen LogP contribution is 2.13. The van der Waals surface area contributed by atoms with Gasteiger partial charge in [-0.15, -0.1) is 0 Å². The van der Waals surface area contributed by atoms with Crippen LogP contribution in [-0.4, -0.2) is 32.8 Å². The van der Waals surface area contributed by atoms with Gasteiger partial charge in [0.25, 0.3) is 0 Å². The molecule has 1 aromatic rings. The van der Waals surface area contributed by atoms with Gasteiger partial charge in [-0.25, -0.2) is 4.79 Å². The molecule has 0 aromatic carbocycles. The summed E-state index contributed by atoms with van der Waals surface area (Å²) in [6.07, 6.45) is 3.34. The van der Waals surface area contributed by atoms with Crippen LogP contribution in [0.2, 0.25) is 0 Å². The number of hydrogen-bond acceptors (Lipinski definition) is 3. The van der Waals surface area contributed by atoms with E-state index in [0.717, 1.165) is 17.0 Å². The molecule has 0 saturated heterocycles. The first-order valence-corrected chi connectivity index (χ1v) is 6.08. The van der Waals surface area contributed by atoms with E-state index in [2.05, 4.69) is 10.4 Å². The van der Waals surface area contributed by atoms with E-state index in [-0.39, 0.29) is 0 Å². The number of carbonyl (C=O) groups is 2. The molecule has 0 fully saturated rings. The van der Waals surface area contributed by atoms with Crippen molar-refractivity contribution >= 4 is 18.0 Å². The summed E-state index contributed by atoms with van der Waals surface area (Å²) >= 11 is 0. The molecule has 0 radical (unpaired) electrons. The number of carboxylic acid groups (broad SMARTS) is 1. The van der Waals surface area contributed by atoms with Crippen LogP contribution in [0.5, 0.6) is 0 Å². The Balaban J connectivity index is 2.76. The van der Waals surface area contributed by atoms with Crippen LogP contribution >= 0.6 is 0 Å². The first-order valence-electron chi connectivity index (χ1n) is 6.08. The minimum absolute atomic E-state index is 0.347. The summed E-state index contributed by atoms with van der Waals surface area (Å²) in [7, 11) is 1.83. The molecule has 0 saturated carbocycles. The average Bonchev–Trinajstić information content (AvgIpc) is 2.58. The second-order valence-electron chi connectivity index (χ2n) is 4.35. The number of aliphatic carboxylic acids is 1. The highest BCUT2D eigenvalue weighted by atomic mass is 16.4. The first kappa shape index (κ1) is 14.9. The lowest BCUT2D eigenvalue weighted by Gasteiger charge is -2.09. The molecule has 19 heavy (non-hydrogen) atoms. The van der Waals surface area contributed by atoms with Gasteiger partial charge in [0.15, 0.2) is 0 Å². The van der Waals surface area contributed by atoms with E-state index in [4.69, 9.17) is 5.11 Å². The maximum atomic E-state index is 11.6. The number of rotatable bonds is 5. The van der Waals surface area contributed by atoms with Crippen molar-refractivity contribution in [3.8, 4) is 0 Å². The van der Waals surface area contributed by atoms with E-state index >= 15 is 0 Å². The molecule has 0 aliphatic rings. The number of amides is 1. The van der Waals surface area contributed by atoms with Crippen LogP contribution in [0, 0.1) is 13.8 Å². The number of carbonyl (C=O) groups excluding carboxylic acids is 1. The second-order valence-corrected chi connectivity index (χ2v) is 4.35. The SMILES string of the molecule is CC[C@@H](NC(=O)C=Cc1c(C)nn(C)c1C)C(=O)O. The van der Waals surface area contributed by atoms with Gasteiger partial charge in [0, 0.05) is 24.4 Å². The fourth-order valence-corrected chi connectivity index (χ4v) is 1.75. The summed E-state index contributed by atoms with van der Waals surface area (Å²) < 4.78 is 1.74. The molecular formula is C13H19N3O3. The lowest BCUT2D eigenvalue weighted by molar-refractivity contribution is -0.141. The monoisotopic (exact) mass is 265 g/mol. The Kier molecular flexibility index (Phi) is 4.86. The number of aryl methyl sites for hydroxylation is 2. The summed E-state index contributed by atoms with van der Waals surface area (Å²) in [5.41, 5.74) is 2.65. The molecule has 0 aliphatic carbocycles. The molecule has 0 unspecified atom stereocenters. The molecule has 1 heterocycles. The van der Waals surface area contributed by atoms with Crippen molar-refractivity contribution in [3.05, 3.63) is 23.0 Å². The molecule has 6 nitrogen and oxygen atoms in total. The van der Waals surface area contributed by atoms with E-state index < -0.39 is 17.9 Å². The molecular weight excluding hydrogens is 246 g/mol. The smallest absolute Gasteiger partial charge is 0.326 e. The average molecular weight is 265 g/mol. The molecule has 1 atom stereocenters. The van der Waals surface area contributed by atoms with Crippen LogP contribution in [-0.2, 0) is 16.6 Å². The Morgan fingerprint density at radius 2 is 2.11 bits per heavy atom. The third kappa shape index (κ3) is 3.67. The first-order chi connectivity index (χ1) is 8.86. The molecule has 0 spiro atoms. The van der Waals surface area contributed by atoms with Crippen LogP contribution in [0.1, 0.15) is 30.3 Å². The van der Waals surface area contributed by atoms with Crippen LogP contribution in [0.3, 0.4) is 0 Å². The molecule has 104 valence electrons. The zero-order valence-corrected chi connectivity index (χ0v) is 11.6. The Labute approximate surface area is 112 Å². The summed E-state index contributed by atoms with van der Waals surface area (Å²) in [5, 5.41) is 15.5. The number of nitrogens with one attached hydrogen (secondary N) is 1. The van der Waals surface area contributed by atoms with Crippen molar-refractivity contribution in [2.24, 2.45) is 7.05 Å². The van der Waals surface area contributed by atoms with Gasteiger partial charge < -0.3 is 10.4 Å². The minimum Gasteiger partial charge on any atom is -0.480 e. The standard InChI is InChI=1S/C13H19N3O3/c1-5-11(13(18)19)14-12(17)7-6-10-8(2)15-16(4)9(10)3/h6-7,11H,5H2,1-4H3,(H,14,17)(H,18,19)/t11-/m1/s1. The topological polar surface area (TPSA) is 84.2 Å². The van der Waals surface area contributed by atoms with Crippen molar-refractivity contribution in [2.75, 3.05) is 0 Å². The van der Waals surface area contributed by atoms with Gasteiger partial charge in [-0.2, -0.15) is 5.10 Å². The zero-order chi connectivity index (χ0) is 14.6. The highest BCUT2D eigenvalue weighted by Gasteiger charge is 2.16. The Morgan fingerprint density at radius 3 is 2.53 bits per heavy atom. The van der Waals surface area contributed by atoms with Gasteiger partial charge in [0.05, 0.1) is 5.69 Å². The maximum absolute atomic E-state index is 11.6. The fourth-order valence-electron chi connectivity index (χ4n) is 1.75. The third-order valence-corrected chi connectivity index (χ3v) is 2.99. The van der Waals surface area contributed by atoms with E-state index in [1.54, 1.807) is 17.7 Å². The molecule has 1 aromatic heterocycles. The Hall–Kier alpha value is -2.11. The highest BCUT2D eigenvalue weighted by molar-refractivity contribution is 5.94. The zero-order valence-electron chi connectivity index (χ0n) is 11.6. The third-order valence-electron chi connectivity index (χ3n) is 2.99. The van der Waals surface area contributed by atoms with Crippen LogP contribution in [0.4, 0.5) is 0 Å². The van der Waals surface area contributed by atoms with Crippen LogP contribution in [0.15, 0.2) is 6.08 Å². The lowest BCUT2D eigenvalue weighted by Crippen LogP contribution is -2.39. The second kappa shape index (κ2) is 6.17. The summed E-state index contributed by atoms with van der Waals surface area (Å²) in [6.45, 7) is 5.47. The predicted octanol–water partition coefficient (Wildman–Crippen LogP) is 1.03. The van der Waals surface area contributed by atoms with Gasteiger partial charge in [-0.3, -0.25) is 9.48 Å². The van der Waals surface area contributed by atoms with Gasteiger partial charge in [0.1, 0.15) is 6.04 Å². The largest absolute Gasteiger partial charge is 0.480 e. The van der Waals surface area contributed by atoms with Crippen molar-refractivity contribution in [1.82, 2.24) is 15.1 Å². The maximum Gasteiger partial charge on any atom is 0.326 e. The van der Waals surface area contributed by atoms with E-state index in [9.17, 15) is 9.59 Å². The van der Waals surface area contributed by atoms with Gasteiger partial charge in [-0.1, -0.05) is 6.92 Å². The van der Waals surface area contributed by atoms with Gasteiger partial charge in [0.2, 0.25) is 5.91 Å². The molecule has 2 N–H and O–H groups in total. The Morgan fingerprint density at radius 1 is 1.47 bits per heavy atom. The van der Waals surface area contributed by atoms with Gasteiger partial charge >= 0.3 is 5.97 Å². The number of aromatic nitrogens is 2. The number of hydrogen-bond donors (Lipinski definition) is 2. The quantitative estimate of drug-likeness (QED) is 0.779. The Bertz CT molecular complexity index is 517. The molecule has 1 rings (SSSR count). The summed E-state index contributed by atoms with van der Waals surface area (Å²) in [5.74, 6) is -1.45. The van der Waals surface area contributed by atoms with Crippen molar-refractivity contribution in [1.29, 1.82) is 0 Å². The summed E-state index contributed by atoms with van der Waals surface area (Å²) in [4.78, 5) is 22.4. The molecule has 1 amide bonds. The molecule has 6 heteroatoms. The fraction of sp³-hybridized carbons (Fsp3) is 0.462. The minimum atomic E-state index is -1.03. The van der Waals surface area contributed by atoms with Crippen LogP contribution in [0.25, 0.3) is 6.08 Å². The van der Waals surface area contributed by atoms with E-state index in [0.29, 0.717) is 6.42 Å². The predicted molar refractivity (Wildman–Crippen MR) is 71.6 cm³/mol. The van der Waals surface area contributed by atoms with Gasteiger partial charge in [-0.05, 0) is 26.3 Å². The lowest BCUT2D eigenvalue weighted by atomic mass is 10.2. The molecule has 0 bridgehead atoms. The molecule has 0 aliphatic heterocycles. The van der Waals surface area contributed by atoms with E-state index in [1.165, 1.54) is 6.08 Å². The summed E-state index contributed by atoms with van der Waals surface area (Å²) in [6, 6.07) is -0.853. The van der Waals surface area contributed by atoms with Crippen molar-refractivity contribution in [3.63, 3.8) is 0 Å².